The van der Waals surface area contributed by atoms with Crippen LogP contribution in [0.2, 0.25) is 0 Å². The molecule has 0 spiro atoms. The van der Waals surface area contributed by atoms with Gasteiger partial charge in [-0.05, 0) is 44.2 Å². The van der Waals surface area contributed by atoms with Crippen LogP contribution in [0.4, 0.5) is 0 Å². The molecule has 1 saturated carbocycles. The fourth-order valence-corrected chi connectivity index (χ4v) is 3.45. The van der Waals surface area contributed by atoms with Crippen LogP contribution in [0.15, 0.2) is 24.3 Å². The highest BCUT2D eigenvalue weighted by Gasteiger charge is 2.27. The lowest BCUT2D eigenvalue weighted by Gasteiger charge is -2.28. The Bertz CT molecular complexity index is 669. The number of aryl methyl sites for hydroxylation is 1. The molecule has 0 aliphatic heterocycles. The van der Waals surface area contributed by atoms with Gasteiger partial charge in [0, 0.05) is 29.6 Å². The zero-order valence-corrected chi connectivity index (χ0v) is 13.3. The third kappa shape index (κ3) is 2.88. The van der Waals surface area contributed by atoms with Crippen LogP contribution in [-0.2, 0) is 11.3 Å². The maximum Gasteiger partial charge on any atom is 0.225 e. The Hall–Kier alpha value is -1.81. The van der Waals surface area contributed by atoms with Crippen molar-refractivity contribution in [2.24, 2.45) is 5.92 Å². The number of nitrogens with zero attached hydrogens (tertiary/aromatic N) is 1. The van der Waals surface area contributed by atoms with Gasteiger partial charge < -0.3 is 15.0 Å². The molecule has 1 aliphatic carbocycles. The van der Waals surface area contributed by atoms with E-state index in [1.807, 2.05) is 24.1 Å². The van der Waals surface area contributed by atoms with Crippen LogP contribution in [0.1, 0.15) is 36.9 Å². The summed E-state index contributed by atoms with van der Waals surface area (Å²) in [5, 5.41) is 10.8. The highest BCUT2D eigenvalue weighted by molar-refractivity contribution is 5.84. The van der Waals surface area contributed by atoms with Crippen molar-refractivity contribution >= 4 is 16.8 Å². The molecule has 0 bridgehead atoms. The summed E-state index contributed by atoms with van der Waals surface area (Å²) in [5.41, 5.74) is 3.44. The third-order valence-electron chi connectivity index (χ3n) is 4.89. The summed E-state index contributed by atoms with van der Waals surface area (Å²) in [6.45, 7) is 2.71. The van der Waals surface area contributed by atoms with Crippen LogP contribution in [0.3, 0.4) is 0 Å². The topological polar surface area (TPSA) is 56.3 Å². The number of carbonyl (C=O) groups is 1. The number of aromatic amines is 1. The van der Waals surface area contributed by atoms with Crippen molar-refractivity contribution < 1.29 is 9.90 Å². The second-order valence-corrected chi connectivity index (χ2v) is 6.47. The summed E-state index contributed by atoms with van der Waals surface area (Å²) in [4.78, 5) is 17.8. The predicted molar refractivity (Wildman–Crippen MR) is 87.5 cm³/mol. The van der Waals surface area contributed by atoms with E-state index < -0.39 is 0 Å². The van der Waals surface area contributed by atoms with Crippen molar-refractivity contribution in [1.82, 2.24) is 9.88 Å². The predicted octanol–water partition coefficient (Wildman–Crippen LogP) is 2.99. The van der Waals surface area contributed by atoms with Crippen LogP contribution in [0.5, 0.6) is 0 Å². The standard InChI is InChI=1S/C18H24N2O2/c1-12-15-5-3-4-6-16(15)19-17(12)11-20(2)18(22)13-7-9-14(21)10-8-13/h3-6,13-14,19,21H,7-11H2,1-2H3. The number of benzene rings is 1. The first-order chi connectivity index (χ1) is 10.6. The highest BCUT2D eigenvalue weighted by atomic mass is 16.3. The molecular formula is C18H24N2O2. The molecule has 1 fully saturated rings. The van der Waals surface area contributed by atoms with E-state index in [2.05, 4.69) is 24.0 Å². The van der Waals surface area contributed by atoms with E-state index in [0.29, 0.717) is 6.54 Å². The molecule has 118 valence electrons. The van der Waals surface area contributed by atoms with E-state index in [4.69, 9.17) is 0 Å². The van der Waals surface area contributed by atoms with E-state index in [1.165, 1.54) is 10.9 Å². The Balaban J connectivity index is 1.71. The van der Waals surface area contributed by atoms with E-state index in [-0.39, 0.29) is 17.9 Å². The fraction of sp³-hybridized carbons (Fsp3) is 0.500. The molecule has 4 heteroatoms. The summed E-state index contributed by atoms with van der Waals surface area (Å²) in [6, 6.07) is 8.23. The molecule has 1 aliphatic rings. The lowest BCUT2D eigenvalue weighted by atomic mass is 9.86. The van der Waals surface area contributed by atoms with Gasteiger partial charge in [-0.25, -0.2) is 0 Å². The molecule has 1 amide bonds. The molecule has 22 heavy (non-hydrogen) atoms. The summed E-state index contributed by atoms with van der Waals surface area (Å²) in [5.74, 6) is 0.267. The number of H-pyrrole nitrogens is 1. The smallest absolute Gasteiger partial charge is 0.225 e. The minimum absolute atomic E-state index is 0.0677. The molecule has 1 aromatic heterocycles. The molecule has 1 heterocycles. The number of amides is 1. The summed E-state index contributed by atoms with van der Waals surface area (Å²) >= 11 is 0. The van der Waals surface area contributed by atoms with Gasteiger partial charge in [0.1, 0.15) is 0 Å². The zero-order chi connectivity index (χ0) is 15.7. The first-order valence-electron chi connectivity index (χ1n) is 8.05. The van der Waals surface area contributed by atoms with Gasteiger partial charge in [0.15, 0.2) is 0 Å². The van der Waals surface area contributed by atoms with Crippen LogP contribution in [-0.4, -0.2) is 34.0 Å². The van der Waals surface area contributed by atoms with Crippen molar-refractivity contribution in [2.45, 2.75) is 45.3 Å². The van der Waals surface area contributed by atoms with Gasteiger partial charge >= 0.3 is 0 Å². The molecule has 4 nitrogen and oxygen atoms in total. The Kier molecular flexibility index (Phi) is 4.21. The maximum atomic E-state index is 12.6. The summed E-state index contributed by atoms with van der Waals surface area (Å²) in [6.07, 6.45) is 2.88. The second kappa shape index (κ2) is 6.13. The monoisotopic (exact) mass is 300 g/mol. The molecule has 0 atom stereocenters. The quantitative estimate of drug-likeness (QED) is 0.915. The molecule has 3 rings (SSSR count). The van der Waals surface area contributed by atoms with E-state index >= 15 is 0 Å². The van der Waals surface area contributed by atoms with Gasteiger partial charge in [0.25, 0.3) is 0 Å². The zero-order valence-electron chi connectivity index (χ0n) is 13.3. The Morgan fingerprint density at radius 2 is 1.95 bits per heavy atom. The number of aromatic nitrogens is 1. The van der Waals surface area contributed by atoms with Gasteiger partial charge in [-0.15, -0.1) is 0 Å². The Morgan fingerprint density at radius 3 is 2.64 bits per heavy atom. The molecule has 0 saturated heterocycles. The summed E-state index contributed by atoms with van der Waals surface area (Å²) < 4.78 is 0. The van der Waals surface area contributed by atoms with E-state index in [9.17, 15) is 9.90 Å². The number of rotatable bonds is 3. The average Bonchev–Trinajstić information content (AvgIpc) is 2.84. The number of hydrogen-bond donors (Lipinski definition) is 2. The molecule has 1 aromatic carbocycles. The molecule has 0 radical (unpaired) electrons. The Labute approximate surface area is 131 Å². The van der Waals surface area contributed by atoms with Crippen molar-refractivity contribution in [3.63, 3.8) is 0 Å². The lowest BCUT2D eigenvalue weighted by molar-refractivity contribution is -0.136. The van der Waals surface area contributed by atoms with Crippen molar-refractivity contribution in [3.8, 4) is 0 Å². The van der Waals surface area contributed by atoms with Gasteiger partial charge in [0.2, 0.25) is 5.91 Å². The van der Waals surface area contributed by atoms with E-state index in [1.54, 1.807) is 0 Å². The fourth-order valence-electron chi connectivity index (χ4n) is 3.45. The number of para-hydroxylation sites is 1. The van der Waals surface area contributed by atoms with Gasteiger partial charge in [-0.2, -0.15) is 0 Å². The number of fused-ring (bicyclic) bond motifs is 1. The van der Waals surface area contributed by atoms with E-state index in [0.717, 1.165) is 36.9 Å². The number of hydrogen-bond acceptors (Lipinski definition) is 2. The van der Waals surface area contributed by atoms with Crippen LogP contribution >= 0.6 is 0 Å². The maximum absolute atomic E-state index is 12.6. The first-order valence-corrected chi connectivity index (χ1v) is 8.05. The third-order valence-corrected chi connectivity index (χ3v) is 4.89. The van der Waals surface area contributed by atoms with Crippen LogP contribution in [0, 0.1) is 12.8 Å². The molecule has 2 aromatic rings. The van der Waals surface area contributed by atoms with Gasteiger partial charge in [-0.1, -0.05) is 18.2 Å². The number of aliphatic hydroxyl groups excluding tert-OH is 1. The van der Waals surface area contributed by atoms with Crippen LogP contribution < -0.4 is 0 Å². The first kappa shape index (κ1) is 15.1. The number of aliphatic hydroxyl groups is 1. The van der Waals surface area contributed by atoms with Crippen molar-refractivity contribution in [3.05, 3.63) is 35.5 Å². The molecule has 2 N–H and O–H groups in total. The van der Waals surface area contributed by atoms with Gasteiger partial charge in [-0.3, -0.25) is 4.79 Å². The minimum Gasteiger partial charge on any atom is -0.393 e. The van der Waals surface area contributed by atoms with Crippen LogP contribution in [0.25, 0.3) is 10.9 Å². The molecular weight excluding hydrogens is 276 g/mol. The number of nitrogens with one attached hydrogen (secondary N) is 1. The van der Waals surface area contributed by atoms with Crippen molar-refractivity contribution in [2.75, 3.05) is 7.05 Å². The second-order valence-electron chi connectivity index (χ2n) is 6.47. The van der Waals surface area contributed by atoms with Crippen molar-refractivity contribution in [1.29, 1.82) is 0 Å². The average molecular weight is 300 g/mol. The normalized spacial score (nSPS) is 22.0. The largest absolute Gasteiger partial charge is 0.393 e. The summed E-state index contributed by atoms with van der Waals surface area (Å²) in [7, 11) is 1.87. The number of carbonyl (C=O) groups excluding carboxylic acids is 1. The SMILES string of the molecule is Cc1c(CN(C)C(=O)C2CCC(O)CC2)[nH]c2ccccc12. The lowest BCUT2D eigenvalue weighted by Crippen LogP contribution is -2.35. The highest BCUT2D eigenvalue weighted by Crippen LogP contribution is 2.27. The minimum atomic E-state index is -0.217. The van der Waals surface area contributed by atoms with Gasteiger partial charge in [0.05, 0.1) is 12.6 Å². The molecule has 0 unspecified atom stereocenters. The Morgan fingerprint density at radius 1 is 1.27 bits per heavy atom.